The average molecular weight is 439 g/mol. The molecule has 0 unspecified atom stereocenters. The molecule has 0 spiro atoms. The lowest BCUT2D eigenvalue weighted by atomic mass is 9.99. The predicted octanol–water partition coefficient (Wildman–Crippen LogP) is 4.67. The molecule has 5 nitrogen and oxygen atoms in total. The molecule has 0 aromatic heterocycles. The number of nitrogens with zero attached hydrogens (tertiary/aromatic N) is 1. The van der Waals surface area contributed by atoms with Crippen molar-refractivity contribution in [1.29, 1.82) is 0 Å². The van der Waals surface area contributed by atoms with Gasteiger partial charge in [-0.25, -0.2) is 0 Å². The first-order valence-electron chi connectivity index (χ1n) is 11.8. The molecule has 0 fully saturated rings. The van der Waals surface area contributed by atoms with Crippen molar-refractivity contribution in [2.45, 2.75) is 53.1 Å². The minimum absolute atomic E-state index is 0.0555. The number of benzene rings is 2. The summed E-state index contributed by atoms with van der Waals surface area (Å²) in [6.45, 7) is 13.1. The smallest absolute Gasteiger partial charge is 0.251 e. The maximum Gasteiger partial charge on any atom is 0.251 e. The third-order valence-electron chi connectivity index (χ3n) is 5.59. The molecule has 1 aliphatic heterocycles. The van der Waals surface area contributed by atoms with Crippen LogP contribution in [0.25, 0.3) is 0 Å². The van der Waals surface area contributed by atoms with Crippen LogP contribution in [0, 0.1) is 5.92 Å². The van der Waals surface area contributed by atoms with Crippen LogP contribution in [0.5, 0.6) is 5.75 Å². The third kappa shape index (κ3) is 7.64. The van der Waals surface area contributed by atoms with E-state index in [0.717, 1.165) is 37.4 Å². The van der Waals surface area contributed by atoms with Gasteiger partial charge in [-0.3, -0.25) is 9.69 Å². The molecule has 1 aliphatic rings. The van der Waals surface area contributed by atoms with Crippen molar-refractivity contribution in [3.63, 3.8) is 0 Å². The Kier molecular flexibility index (Phi) is 9.12. The third-order valence-corrected chi connectivity index (χ3v) is 5.59. The van der Waals surface area contributed by atoms with Gasteiger partial charge in [0.25, 0.3) is 5.91 Å². The minimum atomic E-state index is -0.0555. The van der Waals surface area contributed by atoms with Gasteiger partial charge in [0.2, 0.25) is 0 Å². The van der Waals surface area contributed by atoms with Crippen LogP contribution in [-0.2, 0) is 17.7 Å². The Labute approximate surface area is 193 Å². The summed E-state index contributed by atoms with van der Waals surface area (Å²) in [5.74, 6) is 1.44. The van der Waals surface area contributed by atoms with E-state index < -0.39 is 0 Å². The van der Waals surface area contributed by atoms with Crippen LogP contribution in [0.15, 0.2) is 42.5 Å². The topological polar surface area (TPSA) is 50.8 Å². The van der Waals surface area contributed by atoms with Crippen molar-refractivity contribution in [3.8, 4) is 5.75 Å². The highest BCUT2D eigenvalue weighted by atomic mass is 16.5. The molecule has 0 radical (unpaired) electrons. The fourth-order valence-corrected chi connectivity index (χ4v) is 3.88. The van der Waals surface area contributed by atoms with Crippen molar-refractivity contribution >= 4 is 5.91 Å². The second kappa shape index (κ2) is 12.0. The number of ether oxygens (including phenoxy) is 2. The molecular formula is C27H38N2O3. The molecule has 0 aliphatic carbocycles. The molecule has 174 valence electrons. The second-order valence-electron chi connectivity index (χ2n) is 9.37. The van der Waals surface area contributed by atoms with Gasteiger partial charge >= 0.3 is 0 Å². The van der Waals surface area contributed by atoms with Crippen molar-refractivity contribution in [1.82, 2.24) is 10.2 Å². The van der Waals surface area contributed by atoms with Gasteiger partial charge in [0.1, 0.15) is 12.4 Å². The minimum Gasteiger partial charge on any atom is -0.491 e. The van der Waals surface area contributed by atoms with Gasteiger partial charge < -0.3 is 14.8 Å². The summed E-state index contributed by atoms with van der Waals surface area (Å²) in [6, 6.07) is 14.6. The van der Waals surface area contributed by atoms with Crippen LogP contribution < -0.4 is 10.1 Å². The number of nitrogens with one attached hydrogen (secondary N) is 1. The molecule has 1 amide bonds. The average Bonchev–Trinajstić information content (AvgIpc) is 2.74. The molecule has 0 saturated carbocycles. The van der Waals surface area contributed by atoms with Crippen LogP contribution in [-0.4, -0.2) is 49.8 Å². The summed E-state index contributed by atoms with van der Waals surface area (Å²) in [5.41, 5.74) is 4.21. The van der Waals surface area contributed by atoms with E-state index in [-0.39, 0.29) is 11.9 Å². The quantitative estimate of drug-likeness (QED) is 0.737. The lowest BCUT2D eigenvalue weighted by molar-refractivity contribution is 0.0764. The van der Waals surface area contributed by atoms with Gasteiger partial charge in [0.15, 0.2) is 0 Å². The molecule has 32 heavy (non-hydrogen) atoms. The molecule has 1 heterocycles. The molecule has 0 atom stereocenters. The van der Waals surface area contributed by atoms with Crippen molar-refractivity contribution in [3.05, 3.63) is 64.7 Å². The summed E-state index contributed by atoms with van der Waals surface area (Å²) < 4.78 is 11.9. The number of rotatable bonds is 5. The summed E-state index contributed by atoms with van der Waals surface area (Å²) in [5, 5.41) is 2.97. The van der Waals surface area contributed by atoms with Crippen LogP contribution in [0.4, 0.5) is 0 Å². The highest BCUT2D eigenvalue weighted by Crippen LogP contribution is 2.25. The number of amides is 1. The number of fused-ring (bicyclic) bond motifs is 3. The summed E-state index contributed by atoms with van der Waals surface area (Å²) in [6.07, 6.45) is 1.90. The van der Waals surface area contributed by atoms with E-state index in [1.165, 1.54) is 17.5 Å². The lowest BCUT2D eigenvalue weighted by Gasteiger charge is -2.24. The van der Waals surface area contributed by atoms with E-state index in [1.54, 1.807) is 0 Å². The maximum atomic E-state index is 12.5. The zero-order chi connectivity index (χ0) is 22.9. The SMILES string of the molecule is CC(C)CCN1CCOCCOc2ccc(C(=O)NC(C)C)cc2Cc2cccc(c2)C1. The normalized spacial score (nSPS) is 15.7. The Hall–Kier alpha value is -2.37. The molecule has 1 N–H and O–H groups in total. The Balaban J connectivity index is 1.85. The lowest BCUT2D eigenvalue weighted by Crippen LogP contribution is -2.30. The Morgan fingerprint density at radius 2 is 1.84 bits per heavy atom. The van der Waals surface area contributed by atoms with Crippen molar-refractivity contribution < 1.29 is 14.3 Å². The molecule has 5 heteroatoms. The van der Waals surface area contributed by atoms with Gasteiger partial charge in [-0.05, 0) is 67.6 Å². The fourth-order valence-electron chi connectivity index (χ4n) is 3.88. The van der Waals surface area contributed by atoms with Crippen LogP contribution in [0.3, 0.4) is 0 Å². The highest BCUT2D eigenvalue weighted by Gasteiger charge is 2.14. The van der Waals surface area contributed by atoms with Crippen LogP contribution in [0.1, 0.15) is 61.2 Å². The zero-order valence-corrected chi connectivity index (χ0v) is 20.0. The monoisotopic (exact) mass is 438 g/mol. The van der Waals surface area contributed by atoms with Gasteiger partial charge in [-0.1, -0.05) is 38.1 Å². The molecule has 0 saturated heterocycles. The number of hydrogen-bond donors (Lipinski definition) is 1. The summed E-state index contributed by atoms with van der Waals surface area (Å²) in [4.78, 5) is 15.0. The van der Waals surface area contributed by atoms with E-state index in [0.29, 0.717) is 31.3 Å². The largest absolute Gasteiger partial charge is 0.491 e. The second-order valence-corrected chi connectivity index (χ2v) is 9.37. The highest BCUT2D eigenvalue weighted by molar-refractivity contribution is 5.94. The predicted molar refractivity (Wildman–Crippen MR) is 129 cm³/mol. The Bertz CT molecular complexity index is 879. The molecule has 3 rings (SSSR count). The van der Waals surface area contributed by atoms with E-state index in [2.05, 4.69) is 48.3 Å². The van der Waals surface area contributed by atoms with Gasteiger partial charge in [0.05, 0.1) is 13.2 Å². The van der Waals surface area contributed by atoms with Crippen LogP contribution >= 0.6 is 0 Å². The summed E-state index contributed by atoms with van der Waals surface area (Å²) in [7, 11) is 0. The van der Waals surface area contributed by atoms with E-state index in [4.69, 9.17) is 9.47 Å². The molecule has 2 aromatic carbocycles. The van der Waals surface area contributed by atoms with Crippen molar-refractivity contribution in [2.24, 2.45) is 5.92 Å². The van der Waals surface area contributed by atoms with Gasteiger partial charge in [0, 0.05) is 31.1 Å². The number of hydrogen-bond acceptors (Lipinski definition) is 4. The summed E-state index contributed by atoms with van der Waals surface area (Å²) >= 11 is 0. The number of carbonyl (C=O) groups excluding carboxylic acids is 1. The van der Waals surface area contributed by atoms with E-state index >= 15 is 0 Å². The van der Waals surface area contributed by atoms with Gasteiger partial charge in [-0.15, -0.1) is 0 Å². The first-order valence-corrected chi connectivity index (χ1v) is 11.8. The molecule has 2 bridgehead atoms. The molecular weight excluding hydrogens is 400 g/mol. The zero-order valence-electron chi connectivity index (χ0n) is 20.0. The van der Waals surface area contributed by atoms with E-state index in [1.807, 2.05) is 32.0 Å². The van der Waals surface area contributed by atoms with Gasteiger partial charge in [-0.2, -0.15) is 0 Å². The standard InChI is InChI=1S/C27H38N2O3/c1-20(2)10-11-29-12-13-31-14-15-32-26-9-8-24(27(30)28-21(3)4)18-25(26)17-22-6-5-7-23(16-22)19-29/h5-9,16,18,20-21H,10-15,17,19H2,1-4H3,(H,28,30). The van der Waals surface area contributed by atoms with Crippen molar-refractivity contribution in [2.75, 3.05) is 32.9 Å². The number of carbonyl (C=O) groups is 1. The molecule has 2 aromatic rings. The Morgan fingerprint density at radius 3 is 2.62 bits per heavy atom. The Morgan fingerprint density at radius 1 is 1.03 bits per heavy atom. The van der Waals surface area contributed by atoms with Crippen LogP contribution in [0.2, 0.25) is 0 Å². The first-order chi connectivity index (χ1) is 15.4. The first kappa shape index (κ1) is 24.3. The fraction of sp³-hybridized carbons (Fsp3) is 0.519. The van der Waals surface area contributed by atoms with E-state index in [9.17, 15) is 4.79 Å². The maximum absolute atomic E-state index is 12.5.